The fourth-order valence-corrected chi connectivity index (χ4v) is 5.08. The van der Waals surface area contributed by atoms with Gasteiger partial charge in [0, 0.05) is 62.4 Å². The van der Waals surface area contributed by atoms with Crippen molar-refractivity contribution in [2.24, 2.45) is 5.41 Å². The Labute approximate surface area is 213 Å². The van der Waals surface area contributed by atoms with E-state index in [1.54, 1.807) is 19.4 Å². The van der Waals surface area contributed by atoms with Gasteiger partial charge in [0.2, 0.25) is 0 Å². The maximum atomic E-state index is 14.8. The summed E-state index contributed by atoms with van der Waals surface area (Å²) in [5.41, 5.74) is 1.29. The number of halogens is 1. The molecule has 36 heavy (non-hydrogen) atoms. The van der Waals surface area contributed by atoms with Crippen LogP contribution < -0.4 is 16.0 Å². The van der Waals surface area contributed by atoms with Crippen LogP contribution in [0.1, 0.15) is 45.4 Å². The summed E-state index contributed by atoms with van der Waals surface area (Å²) in [6.45, 7) is 4.56. The van der Waals surface area contributed by atoms with Gasteiger partial charge in [0.05, 0.1) is 30.0 Å². The van der Waals surface area contributed by atoms with Gasteiger partial charge in [-0.2, -0.15) is 5.26 Å². The second kappa shape index (κ2) is 12.4. The number of nitrogens with zero attached hydrogens (tertiary/aromatic N) is 3. The summed E-state index contributed by atoms with van der Waals surface area (Å²) in [5.74, 6) is 0.240. The van der Waals surface area contributed by atoms with Crippen molar-refractivity contribution in [1.29, 1.82) is 5.26 Å². The second-order valence-corrected chi connectivity index (χ2v) is 10.1. The van der Waals surface area contributed by atoms with Crippen molar-refractivity contribution >= 4 is 11.5 Å². The average molecular weight is 497 g/mol. The fraction of sp³-hybridized carbons (Fsp3) is 0.593. The molecule has 2 aromatic heterocycles. The van der Waals surface area contributed by atoms with E-state index in [1.807, 2.05) is 12.1 Å². The number of hydrogen-bond acceptors (Lipinski definition) is 8. The predicted molar refractivity (Wildman–Crippen MR) is 138 cm³/mol. The summed E-state index contributed by atoms with van der Waals surface area (Å²) in [5, 5.41) is 20.2. The molecule has 8 nitrogen and oxygen atoms in total. The minimum atomic E-state index is -0.447. The van der Waals surface area contributed by atoms with E-state index >= 15 is 0 Å². The summed E-state index contributed by atoms with van der Waals surface area (Å²) in [6, 6.07) is 8.99. The lowest BCUT2D eigenvalue weighted by Crippen LogP contribution is -2.42. The number of nitriles is 1. The summed E-state index contributed by atoms with van der Waals surface area (Å²) >= 11 is 0. The lowest BCUT2D eigenvalue weighted by atomic mass is 9.81. The highest BCUT2D eigenvalue weighted by atomic mass is 19.1. The maximum absolute atomic E-state index is 14.8. The molecule has 9 heteroatoms. The van der Waals surface area contributed by atoms with Crippen LogP contribution in [0.3, 0.4) is 0 Å². The van der Waals surface area contributed by atoms with Gasteiger partial charge in [0.1, 0.15) is 5.82 Å². The van der Waals surface area contributed by atoms with Crippen molar-refractivity contribution in [3.63, 3.8) is 0 Å². The van der Waals surface area contributed by atoms with Gasteiger partial charge in [-0.25, -0.2) is 9.37 Å². The van der Waals surface area contributed by atoms with Gasteiger partial charge in [-0.1, -0.05) is 0 Å². The van der Waals surface area contributed by atoms with E-state index < -0.39 is 11.2 Å². The SMILES string of the molecule is COC[C@@H](C)NC1CCC(Nc2cc(-c3cc(NCC4(C#N)CCOCC4)ccn3)c(F)cn2)CC1. The number of hydrogen-bond donors (Lipinski definition) is 3. The average Bonchev–Trinajstić information content (AvgIpc) is 2.90. The molecule has 1 atom stereocenters. The Morgan fingerprint density at radius 2 is 1.94 bits per heavy atom. The van der Waals surface area contributed by atoms with Crippen LogP contribution >= 0.6 is 0 Å². The molecule has 3 heterocycles. The normalized spacial score (nSPS) is 22.4. The molecule has 0 amide bonds. The molecule has 2 aliphatic rings. The fourth-order valence-electron chi connectivity index (χ4n) is 5.08. The Morgan fingerprint density at radius 3 is 2.67 bits per heavy atom. The van der Waals surface area contributed by atoms with E-state index in [0.717, 1.165) is 31.4 Å². The molecule has 4 rings (SSSR count). The number of aromatic nitrogens is 2. The molecule has 0 unspecified atom stereocenters. The highest BCUT2D eigenvalue weighted by Gasteiger charge is 2.32. The monoisotopic (exact) mass is 496 g/mol. The van der Waals surface area contributed by atoms with Gasteiger partial charge < -0.3 is 25.4 Å². The first kappa shape index (κ1) is 26.3. The second-order valence-electron chi connectivity index (χ2n) is 10.1. The molecule has 1 aliphatic heterocycles. The minimum Gasteiger partial charge on any atom is -0.383 e. The van der Waals surface area contributed by atoms with Crippen molar-refractivity contribution in [2.45, 2.75) is 63.6 Å². The van der Waals surface area contributed by atoms with E-state index in [1.165, 1.54) is 6.20 Å². The van der Waals surface area contributed by atoms with Crippen LogP contribution in [0.25, 0.3) is 11.3 Å². The predicted octanol–water partition coefficient (Wildman–Crippen LogP) is 4.36. The van der Waals surface area contributed by atoms with Gasteiger partial charge in [-0.3, -0.25) is 4.98 Å². The molecule has 0 spiro atoms. The molecule has 1 aliphatic carbocycles. The smallest absolute Gasteiger partial charge is 0.151 e. The first-order valence-electron chi connectivity index (χ1n) is 12.9. The summed E-state index contributed by atoms with van der Waals surface area (Å²) in [4.78, 5) is 8.68. The third-order valence-corrected chi connectivity index (χ3v) is 7.23. The zero-order chi connectivity index (χ0) is 25.4. The van der Waals surface area contributed by atoms with Gasteiger partial charge in [0.25, 0.3) is 0 Å². The number of rotatable bonds is 10. The first-order valence-corrected chi connectivity index (χ1v) is 12.9. The molecule has 0 aromatic carbocycles. The number of anilines is 2. The number of methoxy groups -OCH3 is 1. The van der Waals surface area contributed by atoms with E-state index in [-0.39, 0.29) is 0 Å². The van der Waals surface area contributed by atoms with Crippen LogP contribution in [0.15, 0.2) is 30.6 Å². The Morgan fingerprint density at radius 1 is 1.19 bits per heavy atom. The quantitative estimate of drug-likeness (QED) is 0.446. The topological polar surface area (TPSA) is 104 Å². The number of nitrogens with one attached hydrogen (secondary N) is 3. The molecule has 0 radical (unpaired) electrons. The third kappa shape index (κ3) is 6.90. The van der Waals surface area contributed by atoms with E-state index in [4.69, 9.17) is 9.47 Å². The highest BCUT2D eigenvalue weighted by Crippen LogP contribution is 2.31. The van der Waals surface area contributed by atoms with Crippen molar-refractivity contribution < 1.29 is 13.9 Å². The Bertz CT molecular complexity index is 1030. The largest absolute Gasteiger partial charge is 0.383 e. The van der Waals surface area contributed by atoms with Crippen LogP contribution in [0.5, 0.6) is 0 Å². The maximum Gasteiger partial charge on any atom is 0.151 e. The van der Waals surface area contributed by atoms with Crippen LogP contribution in [0.2, 0.25) is 0 Å². The molecule has 3 N–H and O–H groups in total. The lowest BCUT2D eigenvalue weighted by Gasteiger charge is -2.32. The van der Waals surface area contributed by atoms with E-state index in [9.17, 15) is 9.65 Å². The molecule has 2 aromatic rings. The third-order valence-electron chi connectivity index (χ3n) is 7.23. The van der Waals surface area contributed by atoms with Gasteiger partial charge >= 0.3 is 0 Å². The summed E-state index contributed by atoms with van der Waals surface area (Å²) < 4.78 is 25.4. The van der Waals surface area contributed by atoms with Crippen molar-refractivity contribution in [2.75, 3.05) is 44.1 Å². The molecular formula is C27H37FN6O2. The molecule has 2 fully saturated rings. The minimum absolute atomic E-state index is 0.300. The lowest BCUT2D eigenvalue weighted by molar-refractivity contribution is 0.0456. The Hall–Kier alpha value is -2.80. The molecule has 1 saturated carbocycles. The number of ether oxygens (including phenoxy) is 2. The summed E-state index contributed by atoms with van der Waals surface area (Å²) in [7, 11) is 1.72. The standard InChI is InChI=1S/C27H37FN6O2/c1-19(16-35-2)33-20-3-5-21(6-4-20)34-26-14-23(24(28)15-31-26)25-13-22(7-10-30-25)32-18-27(17-29)8-11-36-12-9-27/h7,10,13-15,19-21,33H,3-6,8-9,11-12,16,18H2,1-2H3,(H,30,32)(H,31,34)/t19-,20?,21?/m1/s1. The summed E-state index contributed by atoms with van der Waals surface area (Å²) in [6.07, 6.45) is 8.51. The van der Waals surface area contributed by atoms with Gasteiger partial charge in [-0.05, 0) is 63.6 Å². The zero-order valence-electron chi connectivity index (χ0n) is 21.2. The molecule has 0 bridgehead atoms. The van der Waals surface area contributed by atoms with E-state index in [2.05, 4.69) is 38.9 Å². The molecular weight excluding hydrogens is 459 g/mol. The van der Waals surface area contributed by atoms with Crippen LogP contribution in [-0.4, -0.2) is 61.6 Å². The Kier molecular flexibility index (Phi) is 9.08. The van der Waals surface area contributed by atoms with Crippen LogP contribution in [-0.2, 0) is 9.47 Å². The number of pyridine rings is 2. The molecule has 194 valence electrons. The van der Waals surface area contributed by atoms with Crippen molar-refractivity contribution in [3.05, 3.63) is 36.4 Å². The van der Waals surface area contributed by atoms with Crippen LogP contribution in [0, 0.1) is 22.6 Å². The van der Waals surface area contributed by atoms with Gasteiger partial charge in [-0.15, -0.1) is 0 Å². The highest BCUT2D eigenvalue weighted by molar-refractivity contribution is 5.67. The van der Waals surface area contributed by atoms with Gasteiger partial charge in [0.15, 0.2) is 5.82 Å². The van der Waals surface area contributed by atoms with Crippen LogP contribution in [0.4, 0.5) is 15.9 Å². The zero-order valence-corrected chi connectivity index (χ0v) is 21.2. The molecule has 1 saturated heterocycles. The van der Waals surface area contributed by atoms with Crippen molar-refractivity contribution in [3.8, 4) is 17.3 Å². The van der Waals surface area contributed by atoms with E-state index in [0.29, 0.717) is 74.4 Å². The Balaban J connectivity index is 1.37. The first-order chi connectivity index (χ1) is 17.5. The van der Waals surface area contributed by atoms with Crippen molar-refractivity contribution in [1.82, 2.24) is 15.3 Å².